The van der Waals surface area contributed by atoms with Crippen molar-refractivity contribution in [3.63, 3.8) is 0 Å². The molecule has 1 fully saturated rings. The zero-order valence-corrected chi connectivity index (χ0v) is 12.5. The number of carboxylic acid groups (broad SMARTS) is 1. The van der Waals surface area contributed by atoms with Crippen LogP contribution in [0.3, 0.4) is 0 Å². The van der Waals surface area contributed by atoms with E-state index in [1.54, 1.807) is 4.90 Å². The van der Waals surface area contributed by atoms with Gasteiger partial charge < -0.3 is 10.0 Å². The maximum Gasteiger partial charge on any atom is 0.326 e. The summed E-state index contributed by atoms with van der Waals surface area (Å²) in [5.74, 6) is -0.896. The second-order valence-electron chi connectivity index (χ2n) is 6.56. The highest BCUT2D eigenvalue weighted by Gasteiger charge is 2.55. The fourth-order valence-corrected chi connectivity index (χ4v) is 3.36. The fourth-order valence-electron chi connectivity index (χ4n) is 3.36. The molecule has 1 amide bonds. The van der Waals surface area contributed by atoms with Crippen LogP contribution in [0.4, 0.5) is 0 Å². The standard InChI is InChI=1S/C17H21NO3/c1-3-17(2)9-13(17)15(19)18-10-12-7-5-4-6-11(12)8-14(18)16(20)21/h4-7,13-14H,3,8-10H2,1-2H3,(H,20,21). The molecule has 4 nitrogen and oxygen atoms in total. The Morgan fingerprint density at radius 1 is 1.33 bits per heavy atom. The van der Waals surface area contributed by atoms with E-state index in [0.717, 1.165) is 24.0 Å². The summed E-state index contributed by atoms with van der Waals surface area (Å²) < 4.78 is 0. The Labute approximate surface area is 124 Å². The molecule has 1 aliphatic carbocycles. The summed E-state index contributed by atoms with van der Waals surface area (Å²) >= 11 is 0. The van der Waals surface area contributed by atoms with Gasteiger partial charge in [-0.15, -0.1) is 0 Å². The van der Waals surface area contributed by atoms with Gasteiger partial charge in [-0.3, -0.25) is 4.79 Å². The van der Waals surface area contributed by atoms with Crippen molar-refractivity contribution in [3.8, 4) is 0 Å². The molecule has 2 aliphatic rings. The van der Waals surface area contributed by atoms with Gasteiger partial charge in [0.05, 0.1) is 0 Å². The molecule has 0 aromatic heterocycles. The van der Waals surface area contributed by atoms with Gasteiger partial charge in [0.2, 0.25) is 5.91 Å². The van der Waals surface area contributed by atoms with Crippen LogP contribution < -0.4 is 0 Å². The number of rotatable bonds is 3. The Hall–Kier alpha value is -1.84. The minimum absolute atomic E-state index is 0.00499. The molecule has 1 saturated carbocycles. The van der Waals surface area contributed by atoms with E-state index in [9.17, 15) is 14.7 Å². The zero-order chi connectivity index (χ0) is 15.2. The van der Waals surface area contributed by atoms with Crippen molar-refractivity contribution in [3.05, 3.63) is 35.4 Å². The van der Waals surface area contributed by atoms with Gasteiger partial charge in [-0.2, -0.15) is 0 Å². The monoisotopic (exact) mass is 287 g/mol. The molecule has 1 aromatic carbocycles. The Balaban J connectivity index is 1.87. The molecular weight excluding hydrogens is 266 g/mol. The number of fused-ring (bicyclic) bond motifs is 1. The molecule has 21 heavy (non-hydrogen) atoms. The SMILES string of the molecule is CCC1(C)CC1C(=O)N1Cc2ccccc2CC1C(=O)O. The first kappa shape index (κ1) is 14.1. The zero-order valence-electron chi connectivity index (χ0n) is 12.5. The molecule has 1 heterocycles. The second-order valence-corrected chi connectivity index (χ2v) is 6.56. The van der Waals surface area contributed by atoms with E-state index in [1.165, 1.54) is 0 Å². The molecule has 0 spiro atoms. The van der Waals surface area contributed by atoms with E-state index in [1.807, 2.05) is 24.3 Å². The van der Waals surface area contributed by atoms with E-state index in [4.69, 9.17) is 0 Å². The lowest BCUT2D eigenvalue weighted by Crippen LogP contribution is -2.49. The average molecular weight is 287 g/mol. The number of aliphatic carboxylic acids is 1. The van der Waals surface area contributed by atoms with Crippen LogP contribution in [0, 0.1) is 11.3 Å². The second kappa shape index (κ2) is 4.86. The van der Waals surface area contributed by atoms with Crippen LogP contribution in [0.25, 0.3) is 0 Å². The van der Waals surface area contributed by atoms with Crippen molar-refractivity contribution < 1.29 is 14.7 Å². The van der Waals surface area contributed by atoms with E-state index >= 15 is 0 Å². The molecule has 3 unspecified atom stereocenters. The average Bonchev–Trinajstić information content (AvgIpc) is 3.18. The molecule has 4 heteroatoms. The molecule has 112 valence electrons. The first-order valence-electron chi connectivity index (χ1n) is 7.56. The Kier molecular flexibility index (Phi) is 3.27. The van der Waals surface area contributed by atoms with Crippen LogP contribution in [-0.2, 0) is 22.6 Å². The van der Waals surface area contributed by atoms with Gasteiger partial charge in [0, 0.05) is 18.9 Å². The maximum absolute atomic E-state index is 12.7. The van der Waals surface area contributed by atoms with Crippen LogP contribution in [0.2, 0.25) is 0 Å². The van der Waals surface area contributed by atoms with E-state index < -0.39 is 12.0 Å². The van der Waals surface area contributed by atoms with Gasteiger partial charge in [-0.25, -0.2) is 4.79 Å². The van der Waals surface area contributed by atoms with Gasteiger partial charge >= 0.3 is 5.97 Å². The largest absolute Gasteiger partial charge is 0.480 e. The molecule has 1 aromatic rings. The normalized spacial score (nSPS) is 30.7. The van der Waals surface area contributed by atoms with Crippen LogP contribution >= 0.6 is 0 Å². The Morgan fingerprint density at radius 3 is 2.57 bits per heavy atom. The van der Waals surface area contributed by atoms with Crippen molar-refractivity contribution in [2.75, 3.05) is 0 Å². The molecule has 0 radical (unpaired) electrons. The summed E-state index contributed by atoms with van der Waals surface area (Å²) in [7, 11) is 0. The lowest BCUT2D eigenvalue weighted by atomic mass is 9.93. The first-order chi connectivity index (χ1) is 9.96. The predicted molar refractivity (Wildman–Crippen MR) is 78.6 cm³/mol. The van der Waals surface area contributed by atoms with Crippen molar-refractivity contribution in [1.29, 1.82) is 0 Å². The van der Waals surface area contributed by atoms with Gasteiger partial charge in [-0.1, -0.05) is 38.1 Å². The van der Waals surface area contributed by atoms with Crippen LogP contribution in [0.5, 0.6) is 0 Å². The first-order valence-corrected chi connectivity index (χ1v) is 7.56. The molecule has 0 bridgehead atoms. The number of amides is 1. The van der Waals surface area contributed by atoms with Crippen molar-refractivity contribution in [2.45, 2.75) is 45.7 Å². The third kappa shape index (κ3) is 2.33. The van der Waals surface area contributed by atoms with Crippen LogP contribution in [0.15, 0.2) is 24.3 Å². The number of carbonyl (C=O) groups excluding carboxylic acids is 1. The summed E-state index contributed by atoms with van der Waals surface area (Å²) in [4.78, 5) is 25.9. The summed E-state index contributed by atoms with van der Waals surface area (Å²) in [6.07, 6.45) is 2.26. The lowest BCUT2D eigenvalue weighted by molar-refractivity contribution is -0.152. The number of hydrogen-bond donors (Lipinski definition) is 1. The number of benzene rings is 1. The third-order valence-electron chi connectivity index (χ3n) is 5.27. The predicted octanol–water partition coefficient (Wildman–Crippen LogP) is 2.46. The van der Waals surface area contributed by atoms with Gasteiger partial charge in [0.25, 0.3) is 0 Å². The van der Waals surface area contributed by atoms with Crippen LogP contribution in [-0.4, -0.2) is 27.9 Å². The highest BCUT2D eigenvalue weighted by atomic mass is 16.4. The van der Waals surface area contributed by atoms with E-state index in [0.29, 0.717) is 13.0 Å². The molecular formula is C17H21NO3. The topological polar surface area (TPSA) is 57.6 Å². The smallest absolute Gasteiger partial charge is 0.326 e. The summed E-state index contributed by atoms with van der Waals surface area (Å²) in [5, 5.41) is 9.48. The van der Waals surface area contributed by atoms with Crippen molar-refractivity contribution in [2.24, 2.45) is 11.3 Å². The van der Waals surface area contributed by atoms with Gasteiger partial charge in [0.1, 0.15) is 6.04 Å². The Morgan fingerprint density at radius 2 is 2.00 bits per heavy atom. The third-order valence-corrected chi connectivity index (χ3v) is 5.27. The minimum atomic E-state index is -0.906. The molecule has 3 atom stereocenters. The van der Waals surface area contributed by atoms with Crippen molar-refractivity contribution in [1.82, 2.24) is 4.90 Å². The lowest BCUT2D eigenvalue weighted by Gasteiger charge is -2.35. The molecule has 1 aliphatic heterocycles. The molecule has 3 rings (SSSR count). The summed E-state index contributed by atoms with van der Waals surface area (Å²) in [6, 6.07) is 7.08. The van der Waals surface area contributed by atoms with Gasteiger partial charge in [0.15, 0.2) is 0 Å². The van der Waals surface area contributed by atoms with E-state index in [2.05, 4.69) is 13.8 Å². The Bertz CT molecular complexity index is 597. The molecule has 0 saturated heterocycles. The summed E-state index contributed by atoms with van der Waals surface area (Å²) in [6.45, 7) is 4.62. The maximum atomic E-state index is 12.7. The highest BCUT2D eigenvalue weighted by molar-refractivity contribution is 5.88. The van der Waals surface area contributed by atoms with Crippen LogP contribution in [0.1, 0.15) is 37.8 Å². The fraction of sp³-hybridized carbons (Fsp3) is 0.529. The quantitative estimate of drug-likeness (QED) is 0.929. The number of carboxylic acids is 1. The van der Waals surface area contributed by atoms with Gasteiger partial charge in [-0.05, 0) is 29.4 Å². The molecule has 1 N–H and O–H groups in total. The number of nitrogens with zero attached hydrogens (tertiary/aromatic N) is 1. The van der Waals surface area contributed by atoms with Crippen molar-refractivity contribution >= 4 is 11.9 Å². The minimum Gasteiger partial charge on any atom is -0.480 e. The van der Waals surface area contributed by atoms with E-state index in [-0.39, 0.29) is 17.2 Å². The highest BCUT2D eigenvalue weighted by Crippen LogP contribution is 2.55. The summed E-state index contributed by atoms with van der Waals surface area (Å²) in [5.41, 5.74) is 2.18. The number of hydrogen-bond acceptors (Lipinski definition) is 2. The number of carbonyl (C=O) groups is 2.